The van der Waals surface area contributed by atoms with E-state index in [4.69, 9.17) is 0 Å². The second kappa shape index (κ2) is 9.82. The Hall–Kier alpha value is -0.0300. The van der Waals surface area contributed by atoms with E-state index >= 15 is 0 Å². The fourth-order valence-corrected chi connectivity index (χ4v) is 3.15. The second-order valence-electron chi connectivity index (χ2n) is 5.93. The van der Waals surface area contributed by atoms with Crippen LogP contribution in [0.15, 0.2) is 0 Å². The molecule has 2 saturated heterocycles. The van der Waals surface area contributed by atoms with Gasteiger partial charge in [0.2, 0.25) is 5.91 Å². The number of hydrogen-bond acceptors (Lipinski definition) is 3. The van der Waals surface area contributed by atoms with E-state index in [1.165, 1.54) is 12.8 Å². The van der Waals surface area contributed by atoms with Crippen molar-refractivity contribution in [2.75, 3.05) is 39.8 Å². The fraction of sp³-hybridized carbons (Fsp3) is 0.929. The number of hydrogen-bond donors (Lipinski definition) is 1. The maximum absolute atomic E-state index is 12.2. The molecule has 1 atom stereocenters. The molecule has 1 amide bonds. The van der Waals surface area contributed by atoms with Crippen LogP contribution in [0.2, 0.25) is 0 Å². The number of nitrogens with zero attached hydrogens (tertiary/aromatic N) is 2. The summed E-state index contributed by atoms with van der Waals surface area (Å²) in [5.74, 6) is 1.13. The van der Waals surface area contributed by atoms with Crippen molar-refractivity contribution in [1.29, 1.82) is 0 Å². The number of nitrogens with one attached hydrogen (secondary N) is 1. The SMILES string of the molecule is CC1CN(C)CCN1C(=O)CCC1CCNCC1.Cl.Cl. The quantitative estimate of drug-likeness (QED) is 0.859. The lowest BCUT2D eigenvalue weighted by atomic mass is 9.93. The summed E-state index contributed by atoms with van der Waals surface area (Å²) in [5, 5.41) is 3.38. The number of piperazine rings is 1. The van der Waals surface area contributed by atoms with Crippen molar-refractivity contribution < 1.29 is 4.79 Å². The van der Waals surface area contributed by atoms with Gasteiger partial charge in [-0.05, 0) is 52.2 Å². The van der Waals surface area contributed by atoms with Crippen LogP contribution in [0.4, 0.5) is 0 Å². The Balaban J connectivity index is 0.00000180. The van der Waals surface area contributed by atoms with Crippen LogP contribution in [-0.2, 0) is 4.79 Å². The lowest BCUT2D eigenvalue weighted by Gasteiger charge is -2.38. The molecule has 2 fully saturated rings. The maximum atomic E-state index is 12.2. The molecule has 1 N–H and O–H groups in total. The van der Waals surface area contributed by atoms with E-state index in [9.17, 15) is 4.79 Å². The average Bonchev–Trinajstić information content (AvgIpc) is 2.37. The Morgan fingerprint density at radius 1 is 1.20 bits per heavy atom. The number of rotatable bonds is 3. The van der Waals surface area contributed by atoms with E-state index in [1.54, 1.807) is 0 Å². The molecule has 0 aromatic heterocycles. The molecule has 2 heterocycles. The number of carbonyl (C=O) groups is 1. The normalized spacial score (nSPS) is 24.7. The number of halogens is 2. The first kappa shape index (κ1) is 20.0. The number of amides is 1. The Labute approximate surface area is 135 Å². The van der Waals surface area contributed by atoms with Crippen molar-refractivity contribution in [3.8, 4) is 0 Å². The summed E-state index contributed by atoms with van der Waals surface area (Å²) in [7, 11) is 2.13. The minimum Gasteiger partial charge on any atom is -0.337 e. The van der Waals surface area contributed by atoms with Gasteiger partial charge in [-0.3, -0.25) is 4.79 Å². The Bertz CT molecular complexity index is 286. The van der Waals surface area contributed by atoms with Crippen molar-refractivity contribution >= 4 is 30.7 Å². The topological polar surface area (TPSA) is 35.6 Å². The highest BCUT2D eigenvalue weighted by Crippen LogP contribution is 2.19. The van der Waals surface area contributed by atoms with Gasteiger partial charge in [-0.1, -0.05) is 0 Å². The van der Waals surface area contributed by atoms with Gasteiger partial charge < -0.3 is 15.1 Å². The van der Waals surface area contributed by atoms with Gasteiger partial charge in [0.05, 0.1) is 0 Å². The molecule has 0 radical (unpaired) electrons. The van der Waals surface area contributed by atoms with Gasteiger partial charge in [-0.25, -0.2) is 0 Å². The first-order valence-corrected chi connectivity index (χ1v) is 7.35. The summed E-state index contributed by atoms with van der Waals surface area (Å²) in [5.41, 5.74) is 0. The predicted octanol–water partition coefficient (Wildman–Crippen LogP) is 1.77. The largest absolute Gasteiger partial charge is 0.337 e. The molecule has 0 bridgehead atoms. The van der Waals surface area contributed by atoms with Gasteiger partial charge in [-0.2, -0.15) is 0 Å². The molecule has 2 aliphatic heterocycles. The van der Waals surface area contributed by atoms with Gasteiger partial charge in [0.25, 0.3) is 0 Å². The van der Waals surface area contributed by atoms with E-state index in [0.29, 0.717) is 11.9 Å². The minimum absolute atomic E-state index is 0. The van der Waals surface area contributed by atoms with Gasteiger partial charge in [0.1, 0.15) is 0 Å². The number of piperidine rings is 1. The monoisotopic (exact) mass is 325 g/mol. The molecule has 0 aromatic rings. The molecule has 0 saturated carbocycles. The molecule has 6 heteroatoms. The summed E-state index contributed by atoms with van der Waals surface area (Å²) in [4.78, 5) is 16.6. The van der Waals surface area contributed by atoms with Crippen molar-refractivity contribution in [3.63, 3.8) is 0 Å². The molecular weight excluding hydrogens is 297 g/mol. The smallest absolute Gasteiger partial charge is 0.222 e. The van der Waals surface area contributed by atoms with Crippen LogP contribution in [0.5, 0.6) is 0 Å². The highest BCUT2D eigenvalue weighted by Gasteiger charge is 2.26. The molecule has 0 aliphatic carbocycles. The summed E-state index contributed by atoms with van der Waals surface area (Å²) in [6.45, 7) is 7.36. The zero-order valence-electron chi connectivity index (χ0n) is 12.6. The molecule has 0 spiro atoms. The van der Waals surface area contributed by atoms with Crippen molar-refractivity contribution in [3.05, 3.63) is 0 Å². The minimum atomic E-state index is 0. The number of likely N-dealkylation sites (N-methyl/N-ethyl adjacent to an activating group) is 1. The predicted molar refractivity (Wildman–Crippen MR) is 88.0 cm³/mol. The first-order valence-electron chi connectivity index (χ1n) is 7.35. The van der Waals surface area contributed by atoms with Gasteiger partial charge in [0.15, 0.2) is 0 Å². The highest BCUT2D eigenvalue weighted by molar-refractivity contribution is 5.85. The average molecular weight is 326 g/mol. The zero-order chi connectivity index (χ0) is 13.0. The third-order valence-electron chi connectivity index (χ3n) is 4.38. The van der Waals surface area contributed by atoms with E-state index in [2.05, 4.69) is 29.1 Å². The van der Waals surface area contributed by atoms with Crippen molar-refractivity contribution in [2.24, 2.45) is 5.92 Å². The lowest BCUT2D eigenvalue weighted by Crippen LogP contribution is -2.52. The summed E-state index contributed by atoms with van der Waals surface area (Å²) in [6.07, 6.45) is 4.31. The van der Waals surface area contributed by atoms with Crippen LogP contribution in [-0.4, -0.2) is 61.5 Å². The summed E-state index contributed by atoms with van der Waals surface area (Å²) < 4.78 is 0. The van der Waals surface area contributed by atoms with Crippen LogP contribution >= 0.6 is 24.8 Å². The van der Waals surface area contributed by atoms with Gasteiger partial charge >= 0.3 is 0 Å². The molecule has 1 unspecified atom stereocenters. The standard InChI is InChI=1S/C14H27N3O.2ClH/c1-12-11-16(2)9-10-17(12)14(18)4-3-13-5-7-15-8-6-13;;/h12-13,15H,3-11H2,1-2H3;2*1H. The van der Waals surface area contributed by atoms with Crippen LogP contribution < -0.4 is 5.32 Å². The molecule has 0 aromatic carbocycles. The van der Waals surface area contributed by atoms with Crippen LogP contribution in [0, 0.1) is 5.92 Å². The van der Waals surface area contributed by atoms with Gasteiger partial charge in [-0.15, -0.1) is 24.8 Å². The fourth-order valence-electron chi connectivity index (χ4n) is 3.15. The van der Waals surface area contributed by atoms with E-state index in [-0.39, 0.29) is 24.8 Å². The Morgan fingerprint density at radius 2 is 1.85 bits per heavy atom. The third-order valence-corrected chi connectivity index (χ3v) is 4.38. The summed E-state index contributed by atoms with van der Waals surface area (Å²) >= 11 is 0. The molecule has 2 rings (SSSR count). The van der Waals surface area contributed by atoms with Crippen molar-refractivity contribution in [1.82, 2.24) is 15.1 Å². The van der Waals surface area contributed by atoms with Crippen molar-refractivity contribution in [2.45, 2.75) is 38.6 Å². The van der Waals surface area contributed by atoms with Crippen LogP contribution in [0.3, 0.4) is 0 Å². The number of carbonyl (C=O) groups excluding carboxylic acids is 1. The van der Waals surface area contributed by atoms with E-state index in [1.807, 2.05) is 0 Å². The molecule has 2 aliphatic rings. The van der Waals surface area contributed by atoms with E-state index < -0.39 is 0 Å². The Kier molecular flexibility index (Phi) is 9.81. The molecule has 120 valence electrons. The maximum Gasteiger partial charge on any atom is 0.222 e. The molecule has 20 heavy (non-hydrogen) atoms. The van der Waals surface area contributed by atoms with Gasteiger partial charge in [0, 0.05) is 32.1 Å². The molecular formula is C14H29Cl2N3O. The van der Waals surface area contributed by atoms with Crippen LogP contribution in [0.1, 0.15) is 32.6 Å². The molecule has 4 nitrogen and oxygen atoms in total. The highest BCUT2D eigenvalue weighted by atomic mass is 35.5. The Morgan fingerprint density at radius 3 is 2.45 bits per heavy atom. The second-order valence-corrected chi connectivity index (χ2v) is 5.93. The third kappa shape index (κ3) is 5.76. The summed E-state index contributed by atoms with van der Waals surface area (Å²) in [6, 6.07) is 0.379. The van der Waals surface area contributed by atoms with E-state index in [0.717, 1.165) is 51.5 Å². The lowest BCUT2D eigenvalue weighted by molar-refractivity contribution is -0.135. The van der Waals surface area contributed by atoms with Crippen LogP contribution in [0.25, 0.3) is 0 Å². The zero-order valence-corrected chi connectivity index (χ0v) is 14.3. The first-order chi connectivity index (χ1) is 8.66.